The van der Waals surface area contributed by atoms with Crippen LogP contribution in [0.4, 0.5) is 0 Å². The molecule has 0 saturated heterocycles. The van der Waals surface area contributed by atoms with E-state index in [-0.39, 0.29) is 0 Å². The van der Waals surface area contributed by atoms with E-state index >= 15 is 0 Å². The number of carbonyl (C=O) groups is 1. The van der Waals surface area contributed by atoms with Gasteiger partial charge >= 0.3 is 5.97 Å². The lowest BCUT2D eigenvalue weighted by atomic mass is 10.1. The lowest BCUT2D eigenvalue weighted by Crippen LogP contribution is -2.47. The van der Waals surface area contributed by atoms with E-state index in [9.17, 15) is 4.79 Å². The van der Waals surface area contributed by atoms with E-state index < -0.39 is 11.5 Å². The zero-order chi connectivity index (χ0) is 7.49. The average molecular weight is 149 g/mol. The van der Waals surface area contributed by atoms with Crippen LogP contribution in [0.5, 0.6) is 0 Å². The summed E-state index contributed by atoms with van der Waals surface area (Å²) in [6.45, 7) is 1.58. The Bertz CT molecular complexity index is 114. The Morgan fingerprint density at radius 2 is 2.33 bits per heavy atom. The van der Waals surface area contributed by atoms with E-state index in [0.717, 1.165) is 0 Å². The van der Waals surface area contributed by atoms with E-state index in [4.69, 9.17) is 5.73 Å². The molecule has 0 aliphatic heterocycles. The predicted molar refractivity (Wildman–Crippen MR) is 38.5 cm³/mol. The van der Waals surface area contributed by atoms with E-state index in [1.807, 2.05) is 0 Å². The summed E-state index contributed by atoms with van der Waals surface area (Å²) in [7, 11) is 1.30. The number of ether oxygens (including phenoxy) is 1. The number of esters is 1. The Morgan fingerprint density at radius 1 is 1.89 bits per heavy atom. The minimum Gasteiger partial charge on any atom is -0.468 e. The minimum atomic E-state index is -0.947. The van der Waals surface area contributed by atoms with Gasteiger partial charge in [-0.15, -0.1) is 0 Å². The van der Waals surface area contributed by atoms with Crippen molar-refractivity contribution in [2.75, 3.05) is 12.9 Å². The van der Waals surface area contributed by atoms with Crippen LogP contribution in [-0.2, 0) is 9.53 Å². The highest BCUT2D eigenvalue weighted by molar-refractivity contribution is 7.80. The largest absolute Gasteiger partial charge is 0.468 e. The minimum absolute atomic E-state index is 0.291. The first-order valence-corrected chi connectivity index (χ1v) is 3.16. The van der Waals surface area contributed by atoms with Crippen LogP contribution >= 0.6 is 12.6 Å². The van der Waals surface area contributed by atoms with Crippen molar-refractivity contribution in [1.29, 1.82) is 0 Å². The van der Waals surface area contributed by atoms with Gasteiger partial charge in [-0.05, 0) is 6.92 Å². The maximum absolute atomic E-state index is 10.7. The summed E-state index contributed by atoms with van der Waals surface area (Å²) < 4.78 is 4.39. The molecule has 0 fully saturated rings. The Labute approximate surface area is 60.0 Å². The molecule has 0 aromatic carbocycles. The normalized spacial score (nSPS) is 16.4. The molecule has 0 aromatic rings. The molecule has 4 heteroatoms. The van der Waals surface area contributed by atoms with Crippen LogP contribution in [0.25, 0.3) is 0 Å². The van der Waals surface area contributed by atoms with Gasteiger partial charge in [0.05, 0.1) is 7.11 Å². The Morgan fingerprint density at radius 3 is 2.44 bits per heavy atom. The van der Waals surface area contributed by atoms with Crippen LogP contribution in [0.15, 0.2) is 0 Å². The number of hydrogen-bond donors (Lipinski definition) is 2. The third kappa shape index (κ3) is 2.24. The molecule has 0 unspecified atom stereocenters. The van der Waals surface area contributed by atoms with Gasteiger partial charge in [0, 0.05) is 5.75 Å². The van der Waals surface area contributed by atoms with Crippen molar-refractivity contribution in [2.24, 2.45) is 5.73 Å². The van der Waals surface area contributed by atoms with Crippen molar-refractivity contribution in [1.82, 2.24) is 0 Å². The standard InChI is InChI=1S/C5H11NO2S/c1-5(6,3-9)4(7)8-2/h9H,3,6H2,1-2H3/t5-/m0/s1. The van der Waals surface area contributed by atoms with Crippen LogP contribution in [-0.4, -0.2) is 24.4 Å². The predicted octanol–water partition coefficient (Wildman–Crippen LogP) is -0.193. The highest BCUT2D eigenvalue weighted by atomic mass is 32.1. The molecule has 0 bridgehead atoms. The molecule has 0 heterocycles. The fourth-order valence-corrected chi connectivity index (χ4v) is 0.427. The van der Waals surface area contributed by atoms with Gasteiger partial charge in [0.15, 0.2) is 0 Å². The molecule has 0 aromatic heterocycles. The van der Waals surface area contributed by atoms with Crippen LogP contribution in [0.2, 0.25) is 0 Å². The fourth-order valence-electron chi connectivity index (χ4n) is 0.298. The van der Waals surface area contributed by atoms with Crippen molar-refractivity contribution in [2.45, 2.75) is 12.5 Å². The molecular formula is C5H11NO2S. The van der Waals surface area contributed by atoms with Gasteiger partial charge in [0.2, 0.25) is 0 Å². The zero-order valence-electron chi connectivity index (χ0n) is 5.55. The summed E-state index contributed by atoms with van der Waals surface area (Å²) in [5, 5.41) is 0. The van der Waals surface area contributed by atoms with Crippen LogP contribution in [0, 0.1) is 0 Å². The maximum atomic E-state index is 10.7. The first-order chi connectivity index (χ1) is 4.04. The SMILES string of the molecule is COC(=O)[C@@](C)(N)CS. The number of carbonyl (C=O) groups excluding carboxylic acids is 1. The van der Waals surface area contributed by atoms with E-state index in [2.05, 4.69) is 17.4 Å². The summed E-state index contributed by atoms with van der Waals surface area (Å²) in [6, 6.07) is 0. The quantitative estimate of drug-likeness (QED) is 0.422. The van der Waals surface area contributed by atoms with Gasteiger partial charge < -0.3 is 10.5 Å². The Balaban J connectivity index is 3.97. The summed E-state index contributed by atoms with van der Waals surface area (Å²) in [5.41, 5.74) is 4.47. The van der Waals surface area contributed by atoms with Crippen LogP contribution in [0.3, 0.4) is 0 Å². The molecule has 2 N–H and O–H groups in total. The molecule has 0 amide bonds. The first kappa shape index (κ1) is 8.78. The summed E-state index contributed by atoms with van der Waals surface area (Å²) >= 11 is 3.87. The van der Waals surface area contributed by atoms with Gasteiger partial charge in [0.25, 0.3) is 0 Å². The molecular weight excluding hydrogens is 138 g/mol. The number of thiol groups is 1. The Kier molecular flexibility index (Phi) is 3.00. The number of methoxy groups -OCH3 is 1. The van der Waals surface area contributed by atoms with Gasteiger partial charge in [-0.25, -0.2) is 0 Å². The van der Waals surface area contributed by atoms with Gasteiger partial charge in [-0.3, -0.25) is 4.79 Å². The second kappa shape index (κ2) is 3.08. The number of nitrogens with two attached hydrogens (primary N) is 1. The topological polar surface area (TPSA) is 52.3 Å². The van der Waals surface area contributed by atoms with Gasteiger partial charge in [-0.2, -0.15) is 12.6 Å². The molecule has 54 valence electrons. The highest BCUT2D eigenvalue weighted by Crippen LogP contribution is 2.02. The second-order valence-electron chi connectivity index (χ2n) is 2.07. The third-order valence-electron chi connectivity index (χ3n) is 0.980. The van der Waals surface area contributed by atoms with Crippen molar-refractivity contribution in [3.63, 3.8) is 0 Å². The van der Waals surface area contributed by atoms with Crippen molar-refractivity contribution in [3.8, 4) is 0 Å². The fraction of sp³-hybridized carbons (Fsp3) is 0.800. The van der Waals surface area contributed by atoms with Gasteiger partial charge in [-0.1, -0.05) is 0 Å². The number of hydrogen-bond acceptors (Lipinski definition) is 4. The molecule has 0 aliphatic carbocycles. The van der Waals surface area contributed by atoms with E-state index in [1.165, 1.54) is 7.11 Å². The zero-order valence-corrected chi connectivity index (χ0v) is 6.44. The van der Waals surface area contributed by atoms with Crippen LogP contribution < -0.4 is 5.73 Å². The second-order valence-corrected chi connectivity index (χ2v) is 2.38. The van der Waals surface area contributed by atoms with Gasteiger partial charge in [0.1, 0.15) is 5.54 Å². The molecule has 0 saturated carbocycles. The van der Waals surface area contributed by atoms with Crippen molar-refractivity contribution < 1.29 is 9.53 Å². The summed E-state index contributed by atoms with van der Waals surface area (Å²) in [6.07, 6.45) is 0. The van der Waals surface area contributed by atoms with E-state index in [1.54, 1.807) is 6.92 Å². The highest BCUT2D eigenvalue weighted by Gasteiger charge is 2.26. The molecule has 0 radical (unpaired) electrons. The van der Waals surface area contributed by atoms with Crippen molar-refractivity contribution in [3.05, 3.63) is 0 Å². The number of rotatable bonds is 2. The monoisotopic (exact) mass is 149 g/mol. The first-order valence-electron chi connectivity index (χ1n) is 2.52. The third-order valence-corrected chi connectivity index (χ3v) is 1.64. The molecule has 0 rings (SSSR count). The average Bonchev–Trinajstić information content (AvgIpc) is 1.86. The molecule has 0 aliphatic rings. The molecule has 1 atom stereocenters. The lowest BCUT2D eigenvalue weighted by Gasteiger charge is -2.17. The summed E-state index contributed by atoms with van der Waals surface area (Å²) in [4.78, 5) is 10.7. The van der Waals surface area contributed by atoms with E-state index in [0.29, 0.717) is 5.75 Å². The smallest absolute Gasteiger partial charge is 0.326 e. The maximum Gasteiger partial charge on any atom is 0.326 e. The molecule has 0 spiro atoms. The van der Waals surface area contributed by atoms with Crippen molar-refractivity contribution >= 4 is 18.6 Å². The molecule has 9 heavy (non-hydrogen) atoms. The summed E-state index contributed by atoms with van der Waals surface area (Å²) in [5.74, 6) is -0.142. The Hall–Kier alpha value is -0.220. The lowest BCUT2D eigenvalue weighted by molar-refractivity contribution is -0.145. The van der Waals surface area contributed by atoms with Crippen LogP contribution in [0.1, 0.15) is 6.92 Å². The molecule has 3 nitrogen and oxygen atoms in total.